The average Bonchev–Trinajstić information content (AvgIpc) is 2.91. The maximum absolute atomic E-state index is 13.7. The van der Waals surface area contributed by atoms with Gasteiger partial charge in [-0.2, -0.15) is 0 Å². The lowest BCUT2D eigenvalue weighted by Crippen LogP contribution is -2.57. The van der Waals surface area contributed by atoms with E-state index in [-0.39, 0.29) is 6.04 Å². The summed E-state index contributed by atoms with van der Waals surface area (Å²) in [5.74, 6) is 2.32. The van der Waals surface area contributed by atoms with Gasteiger partial charge in [0.15, 0.2) is 4.90 Å². The van der Waals surface area contributed by atoms with Gasteiger partial charge in [0.25, 0.3) is 0 Å². The van der Waals surface area contributed by atoms with Gasteiger partial charge >= 0.3 is 0 Å². The Morgan fingerprint density at radius 3 is 2.69 bits per heavy atom. The molecular weight excluding hydrogens is 454 g/mol. The van der Waals surface area contributed by atoms with E-state index in [4.69, 9.17) is 4.74 Å². The molecule has 3 fully saturated rings. The zero-order valence-electron chi connectivity index (χ0n) is 21.1. The molecule has 0 radical (unpaired) electrons. The molecule has 0 aliphatic carbocycles. The second kappa shape index (κ2) is 10.9. The number of pyridine rings is 1. The largest absolute Gasteiger partial charge is 0.593 e. The molecule has 3 aromatic rings. The number of benzene rings is 2. The van der Waals surface area contributed by atoms with Crippen molar-refractivity contribution >= 4 is 22.3 Å². The molecule has 6 rings (SSSR count). The smallest absolute Gasteiger partial charge is 0.173 e. The predicted molar refractivity (Wildman–Crippen MR) is 143 cm³/mol. The van der Waals surface area contributed by atoms with Gasteiger partial charge in [-0.25, -0.2) is 0 Å². The standard InChI is InChI=1S/C29H37N3O2S/c1-4-6-20-7-10-24(11-8-20)35(33)31-29(28-17-22-14-16-32(28)19-21(22)5-2)25-13-15-30-27-12-9-23(34-3)18-26(25)27/h7-13,15,18,21-22,28-29,31H,4-6,14,16-17,19H2,1-3H3/t21?,22?,28?,29-,35?/m0/s1. The highest BCUT2D eigenvalue weighted by atomic mass is 32.2. The fourth-order valence-electron chi connectivity index (χ4n) is 6.13. The van der Waals surface area contributed by atoms with Crippen LogP contribution in [0, 0.1) is 11.8 Å². The Labute approximate surface area is 212 Å². The van der Waals surface area contributed by atoms with Gasteiger partial charge in [-0.15, -0.1) is 4.72 Å². The van der Waals surface area contributed by atoms with Crippen molar-refractivity contribution in [1.82, 2.24) is 14.6 Å². The van der Waals surface area contributed by atoms with Crippen LogP contribution in [0.15, 0.2) is 59.6 Å². The number of ether oxygens (including phenoxy) is 1. The first-order valence-corrected chi connectivity index (χ1v) is 14.2. The van der Waals surface area contributed by atoms with Gasteiger partial charge in [0.2, 0.25) is 0 Å². The minimum absolute atomic E-state index is 0.0654. The van der Waals surface area contributed by atoms with Crippen LogP contribution in [-0.2, 0) is 17.8 Å². The Morgan fingerprint density at radius 1 is 1.17 bits per heavy atom. The summed E-state index contributed by atoms with van der Waals surface area (Å²) in [7, 11) is 1.70. The van der Waals surface area contributed by atoms with Gasteiger partial charge < -0.3 is 9.29 Å². The highest BCUT2D eigenvalue weighted by molar-refractivity contribution is 7.89. The van der Waals surface area contributed by atoms with E-state index in [2.05, 4.69) is 52.7 Å². The fourth-order valence-corrected chi connectivity index (χ4v) is 7.17. The molecular formula is C29H37N3O2S. The number of aryl methyl sites for hydroxylation is 1. The van der Waals surface area contributed by atoms with Gasteiger partial charge in [-0.05, 0) is 85.2 Å². The zero-order valence-corrected chi connectivity index (χ0v) is 21.9. The highest BCUT2D eigenvalue weighted by Crippen LogP contribution is 2.43. The lowest BCUT2D eigenvalue weighted by atomic mass is 9.72. The van der Waals surface area contributed by atoms with Gasteiger partial charge in [-0.3, -0.25) is 9.88 Å². The third-order valence-electron chi connectivity index (χ3n) is 8.07. The van der Waals surface area contributed by atoms with Crippen LogP contribution in [0.2, 0.25) is 0 Å². The number of aromatic nitrogens is 1. The van der Waals surface area contributed by atoms with Crippen LogP contribution in [0.3, 0.4) is 0 Å². The molecule has 0 spiro atoms. The van der Waals surface area contributed by atoms with Crippen molar-refractivity contribution in [3.05, 3.63) is 65.9 Å². The van der Waals surface area contributed by atoms with Gasteiger partial charge in [0.05, 0.1) is 30.0 Å². The maximum atomic E-state index is 13.7. The van der Waals surface area contributed by atoms with Crippen molar-refractivity contribution < 1.29 is 9.29 Å². The van der Waals surface area contributed by atoms with Gasteiger partial charge in [0, 0.05) is 24.2 Å². The summed E-state index contributed by atoms with van der Waals surface area (Å²) in [6, 6.07) is 16.6. The summed E-state index contributed by atoms with van der Waals surface area (Å²) < 4.78 is 22.8. The third kappa shape index (κ3) is 5.08. The number of fused-ring (bicyclic) bond motifs is 4. The SMILES string of the molecule is CCCc1ccc([S+]([O-])N[C@@H](c2ccnc3ccc(OC)cc23)C2CC3CC[N@]2CC3CC)cc1. The summed E-state index contributed by atoms with van der Waals surface area (Å²) in [4.78, 5) is 8.08. The Kier molecular flexibility index (Phi) is 7.63. The Bertz CT molecular complexity index is 1140. The Hall–Kier alpha value is -2.12. The van der Waals surface area contributed by atoms with Crippen LogP contribution in [0.4, 0.5) is 0 Å². The van der Waals surface area contributed by atoms with Crippen LogP contribution in [-0.4, -0.2) is 40.7 Å². The topological polar surface area (TPSA) is 60.4 Å². The molecule has 4 heterocycles. The first-order valence-electron chi connectivity index (χ1n) is 13.0. The quantitative estimate of drug-likeness (QED) is 0.391. The lowest BCUT2D eigenvalue weighted by Gasteiger charge is -2.52. The Balaban J connectivity index is 1.51. The second-order valence-electron chi connectivity index (χ2n) is 10.1. The van der Waals surface area contributed by atoms with E-state index < -0.39 is 11.4 Å². The summed E-state index contributed by atoms with van der Waals surface area (Å²) in [5.41, 5.74) is 3.38. The van der Waals surface area contributed by atoms with Crippen LogP contribution in [0.1, 0.15) is 56.7 Å². The molecule has 3 aliphatic heterocycles. The van der Waals surface area contributed by atoms with E-state index in [0.29, 0.717) is 6.04 Å². The number of nitrogens with zero attached hydrogens (tertiary/aromatic N) is 2. The molecule has 35 heavy (non-hydrogen) atoms. The summed E-state index contributed by atoms with van der Waals surface area (Å²) in [5, 5.41) is 1.06. The maximum Gasteiger partial charge on any atom is 0.173 e. The first-order chi connectivity index (χ1) is 17.1. The van der Waals surface area contributed by atoms with Crippen molar-refractivity contribution in [2.24, 2.45) is 11.8 Å². The van der Waals surface area contributed by atoms with E-state index >= 15 is 0 Å². The van der Waals surface area contributed by atoms with Crippen LogP contribution >= 0.6 is 0 Å². The molecule has 1 aromatic heterocycles. The Morgan fingerprint density at radius 2 is 2.00 bits per heavy atom. The van der Waals surface area contributed by atoms with Crippen LogP contribution in [0.25, 0.3) is 10.9 Å². The molecule has 186 valence electrons. The monoisotopic (exact) mass is 491 g/mol. The summed E-state index contributed by atoms with van der Waals surface area (Å²) in [6.07, 6.45) is 7.68. The fraction of sp³-hybridized carbons (Fsp3) is 0.483. The van der Waals surface area contributed by atoms with Crippen molar-refractivity contribution in [3.8, 4) is 5.75 Å². The number of hydrogen-bond acceptors (Lipinski definition) is 5. The molecule has 0 saturated carbocycles. The predicted octanol–water partition coefficient (Wildman–Crippen LogP) is 5.67. The number of methoxy groups -OCH3 is 1. The van der Waals surface area contributed by atoms with Crippen molar-refractivity contribution in [3.63, 3.8) is 0 Å². The molecule has 2 aromatic carbocycles. The molecule has 6 atom stereocenters. The highest BCUT2D eigenvalue weighted by Gasteiger charge is 2.44. The third-order valence-corrected chi connectivity index (χ3v) is 9.24. The van der Waals surface area contributed by atoms with E-state index in [1.807, 2.05) is 30.5 Å². The summed E-state index contributed by atoms with van der Waals surface area (Å²) in [6.45, 7) is 6.75. The first kappa shape index (κ1) is 24.6. The number of hydrogen-bond donors (Lipinski definition) is 1. The van der Waals surface area contributed by atoms with Crippen LogP contribution in [0.5, 0.6) is 5.75 Å². The van der Waals surface area contributed by atoms with Gasteiger partial charge in [0.1, 0.15) is 5.75 Å². The zero-order chi connectivity index (χ0) is 24.4. The summed E-state index contributed by atoms with van der Waals surface area (Å²) >= 11 is -1.32. The lowest BCUT2D eigenvalue weighted by molar-refractivity contribution is -0.0128. The normalized spacial score (nSPS) is 25.5. The van der Waals surface area contributed by atoms with E-state index in [9.17, 15) is 4.55 Å². The van der Waals surface area contributed by atoms with Crippen molar-refractivity contribution in [1.29, 1.82) is 0 Å². The van der Waals surface area contributed by atoms with E-state index in [1.165, 1.54) is 18.4 Å². The van der Waals surface area contributed by atoms with E-state index in [1.54, 1.807) is 7.11 Å². The number of rotatable bonds is 9. The van der Waals surface area contributed by atoms with Crippen LogP contribution < -0.4 is 9.46 Å². The van der Waals surface area contributed by atoms with E-state index in [0.717, 1.165) is 71.3 Å². The molecule has 2 bridgehead atoms. The molecule has 0 amide bonds. The molecule has 5 nitrogen and oxygen atoms in total. The molecule has 4 unspecified atom stereocenters. The second-order valence-corrected chi connectivity index (χ2v) is 11.3. The minimum atomic E-state index is -1.32. The van der Waals surface area contributed by atoms with Crippen molar-refractivity contribution in [2.45, 2.75) is 62.9 Å². The molecule has 3 saturated heterocycles. The number of nitrogens with one attached hydrogen (secondary N) is 1. The average molecular weight is 492 g/mol. The molecule has 1 N–H and O–H groups in total. The molecule has 6 heteroatoms. The molecule has 3 aliphatic rings. The number of piperidine rings is 3. The van der Waals surface area contributed by atoms with Crippen molar-refractivity contribution in [2.75, 3.05) is 20.2 Å². The van der Waals surface area contributed by atoms with Gasteiger partial charge in [-0.1, -0.05) is 38.8 Å². The minimum Gasteiger partial charge on any atom is -0.593 e.